The summed E-state index contributed by atoms with van der Waals surface area (Å²) in [6.45, 7) is -0.469. The number of benzene rings is 3. The van der Waals surface area contributed by atoms with Gasteiger partial charge in [-0.15, -0.1) is 11.6 Å². The van der Waals surface area contributed by atoms with Gasteiger partial charge in [0.25, 0.3) is 0 Å². The van der Waals surface area contributed by atoms with Gasteiger partial charge in [0.15, 0.2) is 4.87 Å². The Morgan fingerprint density at radius 2 is 1.45 bits per heavy atom. The Morgan fingerprint density at radius 3 is 2.10 bits per heavy atom. The molecule has 3 aromatic rings. The summed E-state index contributed by atoms with van der Waals surface area (Å²) >= 11 is 6.07. The smallest absolute Gasteiger partial charge is 0.413 e. The van der Waals surface area contributed by atoms with E-state index in [0.717, 1.165) is 5.56 Å². The van der Waals surface area contributed by atoms with Crippen LogP contribution in [0.2, 0.25) is 0 Å². The minimum absolute atomic E-state index is 0.0434. The molecule has 164 valence electrons. The molecule has 31 heavy (non-hydrogen) atoms. The van der Waals surface area contributed by atoms with Crippen molar-refractivity contribution in [1.82, 2.24) is 0 Å². The second-order valence-corrected chi connectivity index (χ2v) is 7.63. The fraction of sp³-hybridized carbons (Fsp3) is 0.250. The van der Waals surface area contributed by atoms with Crippen LogP contribution in [-0.2, 0) is 27.6 Å². The predicted octanol–water partition coefficient (Wildman–Crippen LogP) is 6.84. The summed E-state index contributed by atoms with van der Waals surface area (Å²) in [5.74, 6) is 1.23. The number of hydrogen-bond donors (Lipinski definition) is 0. The highest BCUT2D eigenvalue weighted by Crippen LogP contribution is 2.45. The maximum Gasteiger partial charge on any atom is 0.413 e. The molecule has 0 aromatic heterocycles. The fourth-order valence-corrected chi connectivity index (χ4v) is 3.20. The van der Waals surface area contributed by atoms with Crippen LogP contribution in [0.15, 0.2) is 78.9 Å². The molecule has 0 aliphatic carbocycles. The summed E-state index contributed by atoms with van der Waals surface area (Å²) in [4.78, 5) is -2.66. The molecule has 0 saturated heterocycles. The van der Waals surface area contributed by atoms with Crippen molar-refractivity contribution in [1.29, 1.82) is 0 Å². The molecule has 3 nitrogen and oxygen atoms in total. The van der Waals surface area contributed by atoms with Gasteiger partial charge < -0.3 is 14.2 Å². The summed E-state index contributed by atoms with van der Waals surface area (Å²) in [6.07, 6.45) is -4.70. The molecule has 0 amide bonds. The Morgan fingerprint density at radius 1 is 0.774 bits per heavy atom. The molecule has 0 saturated carbocycles. The van der Waals surface area contributed by atoms with Crippen LogP contribution < -0.4 is 4.74 Å². The maximum absolute atomic E-state index is 13.8. The zero-order valence-electron chi connectivity index (χ0n) is 16.9. The van der Waals surface area contributed by atoms with Gasteiger partial charge in [0, 0.05) is 7.11 Å². The van der Waals surface area contributed by atoms with Crippen LogP contribution in [0.3, 0.4) is 0 Å². The largest absolute Gasteiger partial charge is 0.457 e. The van der Waals surface area contributed by atoms with Crippen LogP contribution in [0.4, 0.5) is 13.2 Å². The van der Waals surface area contributed by atoms with Crippen molar-refractivity contribution in [2.24, 2.45) is 0 Å². The minimum Gasteiger partial charge on any atom is -0.457 e. The van der Waals surface area contributed by atoms with Crippen LogP contribution in [0, 0.1) is 0 Å². The third-order valence-electron chi connectivity index (χ3n) is 4.62. The highest BCUT2D eigenvalue weighted by molar-refractivity contribution is 6.24. The monoisotopic (exact) mass is 450 g/mol. The minimum atomic E-state index is -4.70. The van der Waals surface area contributed by atoms with E-state index in [0.29, 0.717) is 23.7 Å². The van der Waals surface area contributed by atoms with Crippen LogP contribution in [0.25, 0.3) is 0 Å². The Kier molecular flexibility index (Phi) is 7.59. The molecule has 1 unspecified atom stereocenters. The van der Waals surface area contributed by atoms with Crippen molar-refractivity contribution in [2.45, 2.75) is 24.3 Å². The zero-order chi connectivity index (χ0) is 22.3. The molecule has 0 bridgehead atoms. The van der Waals surface area contributed by atoms with Gasteiger partial charge in [-0.2, -0.15) is 13.2 Å². The lowest BCUT2D eigenvalue weighted by atomic mass is 9.97. The number of alkyl halides is 4. The molecule has 0 radical (unpaired) electrons. The highest BCUT2D eigenvalue weighted by Gasteiger charge is 2.55. The molecule has 0 N–H and O–H groups in total. The summed E-state index contributed by atoms with van der Waals surface area (Å²) in [7, 11) is 1.52. The number of para-hydroxylation sites is 1. The molecular formula is C24H22ClF3O3. The molecule has 0 fully saturated rings. The van der Waals surface area contributed by atoms with Crippen molar-refractivity contribution in [3.8, 4) is 11.5 Å². The Bertz CT molecular complexity index is 962. The lowest BCUT2D eigenvalue weighted by molar-refractivity contribution is -0.179. The van der Waals surface area contributed by atoms with E-state index >= 15 is 0 Å². The van der Waals surface area contributed by atoms with Gasteiger partial charge in [-0.1, -0.05) is 54.6 Å². The first-order valence-corrected chi connectivity index (χ1v) is 9.93. The second kappa shape index (κ2) is 10.2. The average molecular weight is 451 g/mol. The van der Waals surface area contributed by atoms with Gasteiger partial charge >= 0.3 is 6.18 Å². The normalized spacial score (nSPS) is 13.6. The van der Waals surface area contributed by atoms with Crippen molar-refractivity contribution in [3.05, 3.63) is 95.6 Å². The summed E-state index contributed by atoms with van der Waals surface area (Å²) in [5, 5.41) is 0. The van der Waals surface area contributed by atoms with Gasteiger partial charge in [0.05, 0.1) is 19.8 Å². The zero-order valence-corrected chi connectivity index (χ0v) is 17.6. The maximum atomic E-state index is 13.8. The number of methoxy groups -OCH3 is 1. The summed E-state index contributed by atoms with van der Waals surface area (Å²) in [6, 6.07) is 22.0. The van der Waals surface area contributed by atoms with Crippen LogP contribution >= 0.6 is 11.6 Å². The van der Waals surface area contributed by atoms with E-state index in [1.165, 1.54) is 19.2 Å². The van der Waals surface area contributed by atoms with E-state index in [1.807, 2.05) is 30.3 Å². The van der Waals surface area contributed by atoms with Gasteiger partial charge in [0.1, 0.15) is 11.5 Å². The van der Waals surface area contributed by atoms with E-state index in [9.17, 15) is 13.2 Å². The lowest BCUT2D eigenvalue weighted by Gasteiger charge is -2.30. The van der Waals surface area contributed by atoms with E-state index in [2.05, 4.69) is 0 Å². The van der Waals surface area contributed by atoms with E-state index in [-0.39, 0.29) is 12.2 Å². The topological polar surface area (TPSA) is 27.7 Å². The van der Waals surface area contributed by atoms with Gasteiger partial charge in [-0.3, -0.25) is 0 Å². The highest BCUT2D eigenvalue weighted by atomic mass is 35.5. The summed E-state index contributed by atoms with van der Waals surface area (Å²) < 4.78 is 57.6. The van der Waals surface area contributed by atoms with E-state index in [1.54, 1.807) is 36.4 Å². The number of rotatable bonds is 9. The molecule has 3 aromatic carbocycles. The Labute approximate surface area is 184 Å². The lowest BCUT2D eigenvalue weighted by Crippen LogP contribution is -2.41. The molecule has 1 atom stereocenters. The molecule has 0 aliphatic rings. The average Bonchev–Trinajstić information content (AvgIpc) is 2.75. The Hall–Kier alpha value is -2.54. The number of ether oxygens (including phenoxy) is 3. The first kappa shape index (κ1) is 23.1. The molecular weight excluding hydrogens is 429 g/mol. The van der Waals surface area contributed by atoms with Crippen molar-refractivity contribution >= 4 is 11.6 Å². The van der Waals surface area contributed by atoms with Gasteiger partial charge in [-0.25, -0.2) is 0 Å². The van der Waals surface area contributed by atoms with Gasteiger partial charge in [0.2, 0.25) is 0 Å². The van der Waals surface area contributed by atoms with Crippen molar-refractivity contribution in [3.63, 3.8) is 0 Å². The van der Waals surface area contributed by atoms with Crippen molar-refractivity contribution in [2.75, 3.05) is 13.7 Å². The number of hydrogen-bond acceptors (Lipinski definition) is 3. The van der Waals surface area contributed by atoms with Gasteiger partial charge in [-0.05, 0) is 41.0 Å². The molecule has 0 aliphatic heterocycles. The Balaban J connectivity index is 1.68. The summed E-state index contributed by atoms with van der Waals surface area (Å²) in [5.41, 5.74) is 1.34. The van der Waals surface area contributed by atoms with E-state index < -0.39 is 17.7 Å². The van der Waals surface area contributed by atoms with Crippen molar-refractivity contribution < 1.29 is 27.4 Å². The SMILES string of the molecule is COCc1ccc(C(Cl)(COCc2cccc(Oc3ccccc3)c2)C(F)(F)F)cc1. The number of halogens is 4. The third kappa shape index (κ3) is 6.00. The van der Waals surface area contributed by atoms with Crippen LogP contribution in [0.5, 0.6) is 11.5 Å². The first-order chi connectivity index (χ1) is 14.8. The second-order valence-electron chi connectivity index (χ2n) is 6.98. The van der Waals surface area contributed by atoms with E-state index in [4.69, 9.17) is 25.8 Å². The quantitative estimate of drug-likeness (QED) is 0.334. The molecule has 0 spiro atoms. The third-order valence-corrected chi connectivity index (χ3v) is 5.16. The molecule has 3 rings (SSSR count). The standard InChI is InChI=1S/C24H22ClF3O3/c1-29-15-18-10-12-20(13-11-18)23(25,24(26,27)28)17-30-16-19-6-5-9-22(14-19)31-21-7-3-2-4-8-21/h2-14H,15-17H2,1H3. The first-order valence-electron chi connectivity index (χ1n) is 9.55. The fourth-order valence-electron chi connectivity index (χ4n) is 2.99. The predicted molar refractivity (Wildman–Crippen MR) is 113 cm³/mol. The van der Waals surface area contributed by atoms with Crippen LogP contribution in [0.1, 0.15) is 16.7 Å². The molecule has 7 heteroatoms. The molecule has 0 heterocycles. The van der Waals surface area contributed by atoms with Crippen LogP contribution in [-0.4, -0.2) is 19.9 Å².